The van der Waals surface area contributed by atoms with Crippen molar-refractivity contribution in [3.8, 4) is 0 Å². The number of anilines is 1. The molecular formula is C13H17N4. The smallest absolute Gasteiger partial charge is 0.0870 e. The van der Waals surface area contributed by atoms with Crippen LogP contribution in [0.2, 0.25) is 0 Å². The molecule has 0 spiro atoms. The van der Waals surface area contributed by atoms with Crippen molar-refractivity contribution >= 4 is 5.69 Å². The van der Waals surface area contributed by atoms with Crippen molar-refractivity contribution < 1.29 is 0 Å². The van der Waals surface area contributed by atoms with E-state index in [1.807, 2.05) is 35.1 Å². The monoisotopic (exact) mass is 229 g/mol. The minimum atomic E-state index is 0.773. The van der Waals surface area contributed by atoms with Gasteiger partial charge in [-0.3, -0.25) is 4.68 Å². The van der Waals surface area contributed by atoms with Crippen LogP contribution in [-0.4, -0.2) is 15.0 Å². The first kappa shape index (κ1) is 11.6. The number of nitrogens with zero attached hydrogens (tertiary/aromatic N) is 3. The van der Waals surface area contributed by atoms with E-state index >= 15 is 0 Å². The van der Waals surface area contributed by atoms with Crippen molar-refractivity contribution in [3.63, 3.8) is 0 Å². The fourth-order valence-corrected chi connectivity index (χ4v) is 1.71. The Morgan fingerprint density at radius 1 is 1.35 bits per heavy atom. The molecule has 1 radical (unpaired) electrons. The molecule has 4 heteroatoms. The summed E-state index contributed by atoms with van der Waals surface area (Å²) in [5.74, 6) is 0. The van der Waals surface area contributed by atoms with Crippen molar-refractivity contribution in [1.82, 2.24) is 15.0 Å². The molecule has 2 N–H and O–H groups in total. The molecule has 0 aliphatic carbocycles. The molecule has 0 aliphatic rings. The summed E-state index contributed by atoms with van der Waals surface area (Å²) >= 11 is 0. The molecule has 1 aromatic carbocycles. The Morgan fingerprint density at radius 3 is 3.00 bits per heavy atom. The topological polar surface area (TPSA) is 56.7 Å². The molecule has 0 saturated heterocycles. The number of nitrogen functional groups attached to an aromatic ring is 1. The molecule has 0 amide bonds. The molecule has 0 bridgehead atoms. The molecular weight excluding hydrogens is 212 g/mol. The van der Waals surface area contributed by atoms with E-state index in [2.05, 4.69) is 17.2 Å². The third kappa shape index (κ3) is 3.31. The van der Waals surface area contributed by atoms with E-state index in [4.69, 9.17) is 5.73 Å². The largest absolute Gasteiger partial charge is 0.399 e. The van der Waals surface area contributed by atoms with Gasteiger partial charge in [-0.25, -0.2) is 0 Å². The predicted molar refractivity (Wildman–Crippen MR) is 68.3 cm³/mol. The van der Waals surface area contributed by atoms with Crippen molar-refractivity contribution in [3.05, 3.63) is 48.6 Å². The third-order valence-corrected chi connectivity index (χ3v) is 2.56. The van der Waals surface area contributed by atoms with Gasteiger partial charge in [-0.2, -0.15) is 0 Å². The molecule has 1 aromatic heterocycles. The lowest BCUT2D eigenvalue weighted by molar-refractivity contribution is 0.562. The highest BCUT2D eigenvalue weighted by Crippen LogP contribution is 2.10. The Bertz CT molecular complexity index is 476. The Balaban J connectivity index is 2.01. The number of nitrogens with two attached hydrogens (primary N) is 1. The first-order valence-electron chi connectivity index (χ1n) is 5.80. The van der Waals surface area contributed by atoms with Crippen LogP contribution in [0.3, 0.4) is 0 Å². The average Bonchev–Trinajstić information content (AvgIpc) is 2.74. The predicted octanol–water partition coefficient (Wildman–Crippen LogP) is 2.07. The summed E-state index contributed by atoms with van der Waals surface area (Å²) in [6.45, 7) is 4.69. The lowest BCUT2D eigenvalue weighted by atomic mass is 10.1. The highest BCUT2D eigenvalue weighted by atomic mass is 15.4. The van der Waals surface area contributed by atoms with Gasteiger partial charge in [-0.15, -0.1) is 5.10 Å². The van der Waals surface area contributed by atoms with Gasteiger partial charge in [-0.05, 0) is 24.1 Å². The van der Waals surface area contributed by atoms with E-state index in [9.17, 15) is 0 Å². The van der Waals surface area contributed by atoms with Gasteiger partial charge in [0.25, 0.3) is 0 Å². The van der Waals surface area contributed by atoms with Crippen molar-refractivity contribution in [2.45, 2.75) is 25.8 Å². The van der Waals surface area contributed by atoms with Gasteiger partial charge in [-0.1, -0.05) is 30.7 Å². The molecule has 4 nitrogen and oxygen atoms in total. The minimum absolute atomic E-state index is 0.773. The van der Waals surface area contributed by atoms with Gasteiger partial charge < -0.3 is 5.73 Å². The van der Waals surface area contributed by atoms with Crippen LogP contribution in [0.5, 0.6) is 0 Å². The molecule has 2 rings (SSSR count). The Labute approximate surface area is 101 Å². The van der Waals surface area contributed by atoms with E-state index < -0.39 is 0 Å². The van der Waals surface area contributed by atoms with E-state index in [1.54, 1.807) is 0 Å². The molecule has 0 aliphatic heterocycles. The second kappa shape index (κ2) is 5.48. The van der Waals surface area contributed by atoms with Crippen LogP contribution < -0.4 is 5.73 Å². The van der Waals surface area contributed by atoms with Gasteiger partial charge in [0.15, 0.2) is 0 Å². The van der Waals surface area contributed by atoms with Gasteiger partial charge in [0.05, 0.1) is 5.69 Å². The Morgan fingerprint density at radius 2 is 2.24 bits per heavy atom. The van der Waals surface area contributed by atoms with Crippen molar-refractivity contribution in [1.29, 1.82) is 0 Å². The van der Waals surface area contributed by atoms with Crippen LogP contribution in [0.15, 0.2) is 30.5 Å². The number of aromatic nitrogens is 3. The Hall–Kier alpha value is -1.84. The van der Waals surface area contributed by atoms with E-state index in [-0.39, 0.29) is 0 Å². The Kier molecular flexibility index (Phi) is 3.75. The fourth-order valence-electron chi connectivity index (χ4n) is 1.71. The minimum Gasteiger partial charge on any atom is -0.399 e. The molecule has 0 atom stereocenters. The van der Waals surface area contributed by atoms with Gasteiger partial charge in [0, 0.05) is 24.8 Å². The van der Waals surface area contributed by atoms with E-state index in [0.717, 1.165) is 42.8 Å². The average molecular weight is 229 g/mol. The second-order valence-electron chi connectivity index (χ2n) is 4.10. The summed E-state index contributed by atoms with van der Waals surface area (Å²) in [6.07, 6.45) is 4.71. The van der Waals surface area contributed by atoms with Gasteiger partial charge in [0.1, 0.15) is 0 Å². The van der Waals surface area contributed by atoms with Crippen LogP contribution >= 0.6 is 0 Å². The molecule has 17 heavy (non-hydrogen) atoms. The summed E-state index contributed by atoms with van der Waals surface area (Å²) < 4.78 is 1.87. The molecule has 1 heterocycles. The van der Waals surface area contributed by atoms with E-state index in [0.29, 0.717) is 0 Å². The number of unbranched alkanes of at least 4 members (excludes halogenated alkanes) is 1. The normalized spacial score (nSPS) is 10.6. The third-order valence-electron chi connectivity index (χ3n) is 2.56. The maximum absolute atomic E-state index is 5.73. The standard InChI is InChI=1S/C13H17N4/c1-2-3-7-17-10-13(15-16-17)9-11-5-4-6-12(14)8-11/h4-6,8,10H,1-3,7,9,14H2. The molecule has 0 fully saturated rings. The summed E-state index contributed by atoms with van der Waals surface area (Å²) in [7, 11) is 0. The fraction of sp³-hybridized carbons (Fsp3) is 0.308. The lowest BCUT2D eigenvalue weighted by Gasteiger charge is -1.99. The zero-order valence-corrected chi connectivity index (χ0v) is 9.84. The van der Waals surface area contributed by atoms with Crippen LogP contribution in [0.4, 0.5) is 5.69 Å². The van der Waals surface area contributed by atoms with Gasteiger partial charge >= 0.3 is 0 Å². The van der Waals surface area contributed by atoms with Crippen molar-refractivity contribution in [2.75, 3.05) is 5.73 Å². The highest BCUT2D eigenvalue weighted by Gasteiger charge is 2.02. The number of hydrogen-bond donors (Lipinski definition) is 1. The first-order valence-corrected chi connectivity index (χ1v) is 5.80. The quantitative estimate of drug-likeness (QED) is 0.798. The number of hydrogen-bond acceptors (Lipinski definition) is 3. The molecule has 2 aromatic rings. The molecule has 89 valence electrons. The first-order chi connectivity index (χ1) is 8.28. The van der Waals surface area contributed by atoms with Crippen LogP contribution in [0, 0.1) is 6.92 Å². The molecule has 0 saturated carbocycles. The number of rotatable bonds is 5. The number of benzene rings is 1. The second-order valence-corrected chi connectivity index (χ2v) is 4.10. The highest BCUT2D eigenvalue weighted by molar-refractivity contribution is 5.41. The van der Waals surface area contributed by atoms with Crippen LogP contribution in [0.1, 0.15) is 24.1 Å². The van der Waals surface area contributed by atoms with E-state index in [1.165, 1.54) is 0 Å². The maximum atomic E-state index is 5.73. The van der Waals surface area contributed by atoms with Crippen LogP contribution in [0.25, 0.3) is 0 Å². The summed E-state index contributed by atoms with van der Waals surface area (Å²) in [5, 5.41) is 8.23. The SMILES string of the molecule is [CH2]CCCn1cc(Cc2cccc(N)c2)nn1. The van der Waals surface area contributed by atoms with Crippen LogP contribution in [-0.2, 0) is 13.0 Å². The summed E-state index contributed by atoms with van der Waals surface area (Å²) in [4.78, 5) is 0. The van der Waals surface area contributed by atoms with Crippen molar-refractivity contribution in [2.24, 2.45) is 0 Å². The zero-order valence-electron chi connectivity index (χ0n) is 9.84. The maximum Gasteiger partial charge on any atom is 0.0870 e. The zero-order chi connectivity index (χ0) is 12.1. The summed E-state index contributed by atoms with van der Waals surface area (Å²) in [5.41, 5.74) is 8.65. The van der Waals surface area contributed by atoms with Gasteiger partial charge in [0.2, 0.25) is 0 Å². The summed E-state index contributed by atoms with van der Waals surface area (Å²) in [6, 6.07) is 7.85. The lowest BCUT2D eigenvalue weighted by Crippen LogP contribution is -1.97. The molecule has 0 unspecified atom stereocenters. The number of aryl methyl sites for hydroxylation is 1.